The maximum absolute atomic E-state index is 11.4. The molecule has 0 radical (unpaired) electrons. The molecule has 0 bridgehead atoms. The van der Waals surface area contributed by atoms with Gasteiger partial charge < -0.3 is 15.5 Å². The second-order valence-corrected chi connectivity index (χ2v) is 6.37. The fraction of sp³-hybridized carbons (Fsp3) is 0.786. The van der Waals surface area contributed by atoms with Crippen molar-refractivity contribution in [2.45, 2.75) is 44.6 Å². The average Bonchev–Trinajstić information content (AvgIpc) is 2.42. The van der Waals surface area contributed by atoms with Crippen molar-refractivity contribution in [2.75, 3.05) is 26.7 Å². The lowest BCUT2D eigenvalue weighted by molar-refractivity contribution is 0.189. The van der Waals surface area contributed by atoms with Crippen LogP contribution < -0.4 is 10.6 Å². The minimum absolute atomic E-state index is 0.124. The van der Waals surface area contributed by atoms with Crippen LogP contribution in [-0.2, 0) is 0 Å². The Bertz CT molecular complexity index is 290. The molecule has 19 heavy (non-hydrogen) atoms. The summed E-state index contributed by atoms with van der Waals surface area (Å²) in [5.74, 6) is 0. The molecule has 110 valence electrons. The van der Waals surface area contributed by atoms with Crippen LogP contribution in [-0.4, -0.2) is 43.7 Å². The largest absolute Gasteiger partial charge is 0.338 e. The molecule has 0 heterocycles. The number of hydrogen-bond donors (Lipinski definition) is 2. The molecule has 1 rings (SSSR count). The van der Waals surface area contributed by atoms with Gasteiger partial charge in [-0.1, -0.05) is 41.8 Å². The fourth-order valence-corrected chi connectivity index (χ4v) is 2.61. The van der Waals surface area contributed by atoms with Crippen LogP contribution in [0.4, 0.5) is 4.79 Å². The fourth-order valence-electron chi connectivity index (χ4n) is 2.47. The molecule has 4 nitrogen and oxygen atoms in total. The second kappa shape index (κ2) is 9.37. The average molecular weight is 332 g/mol. The predicted molar refractivity (Wildman–Crippen MR) is 83.6 cm³/mol. The summed E-state index contributed by atoms with van der Waals surface area (Å²) in [7, 11) is 2.20. The third kappa shape index (κ3) is 7.57. The summed E-state index contributed by atoms with van der Waals surface area (Å²) < 4.78 is 0.777. The lowest BCUT2D eigenvalue weighted by Gasteiger charge is -2.31. The van der Waals surface area contributed by atoms with E-state index in [-0.39, 0.29) is 6.03 Å². The Kier molecular flexibility index (Phi) is 8.14. The van der Waals surface area contributed by atoms with Crippen LogP contribution in [0.25, 0.3) is 0 Å². The molecule has 2 N–H and O–H groups in total. The third-order valence-electron chi connectivity index (χ3n) is 3.61. The highest BCUT2D eigenvalue weighted by atomic mass is 79.9. The van der Waals surface area contributed by atoms with Crippen LogP contribution in [0.15, 0.2) is 11.1 Å². The van der Waals surface area contributed by atoms with Crippen molar-refractivity contribution in [3.05, 3.63) is 11.1 Å². The quantitative estimate of drug-likeness (QED) is 0.704. The molecule has 1 saturated carbocycles. The molecular formula is C14H26BrN3O. The van der Waals surface area contributed by atoms with Crippen molar-refractivity contribution < 1.29 is 4.79 Å². The van der Waals surface area contributed by atoms with Crippen molar-refractivity contribution in [1.29, 1.82) is 0 Å². The number of amides is 2. The number of carbonyl (C=O) groups is 1. The van der Waals surface area contributed by atoms with Crippen molar-refractivity contribution in [3.63, 3.8) is 0 Å². The molecule has 0 aromatic heterocycles. The molecule has 0 unspecified atom stereocenters. The van der Waals surface area contributed by atoms with Gasteiger partial charge in [0.15, 0.2) is 0 Å². The van der Waals surface area contributed by atoms with Gasteiger partial charge in [-0.3, -0.25) is 0 Å². The zero-order valence-corrected chi connectivity index (χ0v) is 13.5. The minimum Gasteiger partial charge on any atom is -0.338 e. The molecule has 1 aliphatic carbocycles. The number of hydrogen-bond acceptors (Lipinski definition) is 2. The normalized spacial score (nSPS) is 16.4. The highest BCUT2D eigenvalue weighted by Crippen LogP contribution is 2.21. The van der Waals surface area contributed by atoms with Gasteiger partial charge in [-0.2, -0.15) is 0 Å². The smallest absolute Gasteiger partial charge is 0.315 e. The van der Waals surface area contributed by atoms with E-state index in [4.69, 9.17) is 0 Å². The van der Waals surface area contributed by atoms with Gasteiger partial charge in [0.25, 0.3) is 0 Å². The molecule has 0 aliphatic heterocycles. The van der Waals surface area contributed by atoms with E-state index in [1.807, 2.05) is 0 Å². The van der Waals surface area contributed by atoms with E-state index in [0.29, 0.717) is 6.54 Å². The molecule has 1 fully saturated rings. The second-order valence-electron chi connectivity index (χ2n) is 5.25. The van der Waals surface area contributed by atoms with Crippen molar-refractivity contribution >= 4 is 22.0 Å². The van der Waals surface area contributed by atoms with Crippen molar-refractivity contribution in [3.8, 4) is 0 Å². The SMILES string of the molecule is C=C(Br)CNC(=O)NCCCN(C)C1CCCCC1. The van der Waals surface area contributed by atoms with Crippen molar-refractivity contribution in [1.82, 2.24) is 15.5 Å². The van der Waals surface area contributed by atoms with E-state index in [0.717, 1.165) is 30.0 Å². The first-order valence-electron chi connectivity index (χ1n) is 7.15. The molecule has 0 aromatic rings. The van der Waals surface area contributed by atoms with Crippen LogP contribution in [0, 0.1) is 0 Å². The van der Waals surface area contributed by atoms with E-state index in [2.05, 4.69) is 45.1 Å². The number of rotatable bonds is 7. The van der Waals surface area contributed by atoms with Crippen LogP contribution >= 0.6 is 15.9 Å². The van der Waals surface area contributed by atoms with Crippen LogP contribution in [0.3, 0.4) is 0 Å². The third-order valence-corrected chi connectivity index (χ3v) is 3.89. The first-order valence-corrected chi connectivity index (χ1v) is 7.94. The van der Waals surface area contributed by atoms with Gasteiger partial charge >= 0.3 is 6.03 Å². The Labute approximate surface area is 125 Å². The summed E-state index contributed by atoms with van der Waals surface area (Å²) in [5.41, 5.74) is 0. The van der Waals surface area contributed by atoms with Crippen molar-refractivity contribution in [2.24, 2.45) is 0 Å². The summed E-state index contributed by atoms with van der Waals surface area (Å²) >= 11 is 3.20. The predicted octanol–water partition coefficient (Wildman–Crippen LogP) is 2.85. The zero-order chi connectivity index (χ0) is 14.1. The lowest BCUT2D eigenvalue weighted by Crippen LogP contribution is -2.39. The van der Waals surface area contributed by atoms with Gasteiger partial charge in [-0.05, 0) is 32.9 Å². The van der Waals surface area contributed by atoms with E-state index >= 15 is 0 Å². The standard InChI is InChI=1S/C14H26BrN3O/c1-12(15)11-17-14(19)16-9-6-10-18(2)13-7-4-3-5-8-13/h13H,1,3-11H2,2H3,(H2,16,17,19). The molecule has 5 heteroatoms. The lowest BCUT2D eigenvalue weighted by atomic mass is 9.94. The topological polar surface area (TPSA) is 44.4 Å². The van der Waals surface area contributed by atoms with Crippen LogP contribution in [0.1, 0.15) is 38.5 Å². The van der Waals surface area contributed by atoms with E-state index in [1.54, 1.807) is 0 Å². The highest BCUT2D eigenvalue weighted by molar-refractivity contribution is 9.11. The van der Waals surface area contributed by atoms with Crippen LogP contribution in [0.5, 0.6) is 0 Å². The van der Waals surface area contributed by atoms with Gasteiger partial charge in [0.05, 0.1) is 6.54 Å². The summed E-state index contributed by atoms with van der Waals surface area (Å²) in [6.45, 7) is 5.90. The summed E-state index contributed by atoms with van der Waals surface area (Å²) in [6.07, 6.45) is 7.79. The van der Waals surface area contributed by atoms with Gasteiger partial charge in [0, 0.05) is 17.1 Å². The highest BCUT2D eigenvalue weighted by Gasteiger charge is 2.17. The van der Waals surface area contributed by atoms with Gasteiger partial charge in [-0.15, -0.1) is 0 Å². The Morgan fingerprint density at radius 1 is 1.32 bits per heavy atom. The maximum Gasteiger partial charge on any atom is 0.315 e. The number of halogens is 1. The van der Waals surface area contributed by atoms with E-state index < -0.39 is 0 Å². The monoisotopic (exact) mass is 331 g/mol. The molecule has 0 saturated heterocycles. The number of carbonyl (C=O) groups excluding carboxylic acids is 1. The molecule has 0 aromatic carbocycles. The summed E-state index contributed by atoms with van der Waals surface area (Å²) in [4.78, 5) is 13.8. The Morgan fingerprint density at radius 2 is 2.00 bits per heavy atom. The van der Waals surface area contributed by atoms with Gasteiger partial charge in [0.1, 0.15) is 0 Å². The molecule has 0 atom stereocenters. The molecule has 0 spiro atoms. The first kappa shape index (κ1) is 16.5. The minimum atomic E-state index is -0.124. The van der Waals surface area contributed by atoms with Crippen LogP contribution in [0.2, 0.25) is 0 Å². The Balaban J connectivity index is 2.03. The summed E-state index contributed by atoms with van der Waals surface area (Å²) in [5, 5.41) is 5.58. The number of urea groups is 1. The first-order chi connectivity index (χ1) is 9.09. The Morgan fingerprint density at radius 3 is 2.63 bits per heavy atom. The Hall–Kier alpha value is -0.550. The molecular weight excluding hydrogens is 306 g/mol. The number of nitrogens with zero attached hydrogens (tertiary/aromatic N) is 1. The number of nitrogens with one attached hydrogen (secondary N) is 2. The van der Waals surface area contributed by atoms with E-state index in [1.165, 1.54) is 32.1 Å². The van der Waals surface area contributed by atoms with Gasteiger partial charge in [-0.25, -0.2) is 4.79 Å². The van der Waals surface area contributed by atoms with Gasteiger partial charge in [0.2, 0.25) is 0 Å². The summed E-state index contributed by atoms with van der Waals surface area (Å²) in [6, 6.07) is 0.625. The molecule has 2 amide bonds. The zero-order valence-electron chi connectivity index (χ0n) is 11.9. The maximum atomic E-state index is 11.4. The molecule has 1 aliphatic rings. The van der Waals surface area contributed by atoms with E-state index in [9.17, 15) is 4.79 Å².